The van der Waals surface area contributed by atoms with Gasteiger partial charge in [0.25, 0.3) is 0 Å². The molecule has 0 radical (unpaired) electrons. The molecule has 0 aromatic heterocycles. The first-order chi connectivity index (χ1) is 9.95. The summed E-state index contributed by atoms with van der Waals surface area (Å²) in [6, 6.07) is 0. The summed E-state index contributed by atoms with van der Waals surface area (Å²) in [7, 11) is 0. The zero-order valence-electron chi connectivity index (χ0n) is 13.1. The average molecular weight is 297 g/mol. The lowest BCUT2D eigenvalue weighted by molar-refractivity contribution is -0.146. The number of carbonyl (C=O) groups excluding carboxylic acids is 1. The van der Waals surface area contributed by atoms with Crippen LogP contribution in [0.2, 0.25) is 0 Å². The third-order valence-electron chi connectivity index (χ3n) is 5.02. The molecule has 1 atom stereocenters. The first kappa shape index (κ1) is 16.2. The van der Waals surface area contributed by atoms with E-state index in [0.717, 1.165) is 32.6 Å². The lowest BCUT2D eigenvalue weighted by Gasteiger charge is -2.41. The Morgan fingerprint density at radius 1 is 1.24 bits per heavy atom. The molecule has 1 amide bonds. The Hall–Kier alpha value is -1.14. The number of nitrogens with one attached hydrogen (secondary N) is 1. The highest BCUT2D eigenvalue weighted by molar-refractivity contribution is 5.84. The monoisotopic (exact) mass is 297 g/mol. The SMILES string of the molecule is CC(C)C1(C(=O)N2CCN(CCC(=O)O)CC2)CCNC1. The zero-order valence-corrected chi connectivity index (χ0v) is 13.1. The maximum atomic E-state index is 12.9. The van der Waals surface area contributed by atoms with E-state index in [0.29, 0.717) is 25.6 Å². The Morgan fingerprint density at radius 2 is 1.90 bits per heavy atom. The molecule has 21 heavy (non-hydrogen) atoms. The van der Waals surface area contributed by atoms with E-state index < -0.39 is 5.97 Å². The summed E-state index contributed by atoms with van der Waals surface area (Å²) in [5.41, 5.74) is -0.247. The van der Waals surface area contributed by atoms with E-state index in [1.54, 1.807) is 0 Å². The maximum absolute atomic E-state index is 12.9. The van der Waals surface area contributed by atoms with Crippen LogP contribution in [0.25, 0.3) is 0 Å². The highest BCUT2D eigenvalue weighted by Crippen LogP contribution is 2.36. The van der Waals surface area contributed by atoms with Crippen molar-refractivity contribution < 1.29 is 14.7 Å². The molecule has 0 aliphatic carbocycles. The van der Waals surface area contributed by atoms with E-state index >= 15 is 0 Å². The molecule has 120 valence electrons. The van der Waals surface area contributed by atoms with Gasteiger partial charge in [-0.25, -0.2) is 0 Å². The van der Waals surface area contributed by atoms with Crippen molar-refractivity contribution in [1.29, 1.82) is 0 Å². The first-order valence-corrected chi connectivity index (χ1v) is 7.90. The summed E-state index contributed by atoms with van der Waals surface area (Å²) >= 11 is 0. The molecule has 2 fully saturated rings. The normalized spacial score (nSPS) is 27.3. The molecule has 6 nitrogen and oxygen atoms in total. The number of carboxylic acids is 1. The molecule has 2 rings (SSSR count). The van der Waals surface area contributed by atoms with Crippen molar-refractivity contribution in [3.8, 4) is 0 Å². The Kier molecular flexibility index (Phi) is 5.22. The lowest BCUT2D eigenvalue weighted by Crippen LogP contribution is -2.55. The highest BCUT2D eigenvalue weighted by Gasteiger charge is 2.46. The summed E-state index contributed by atoms with van der Waals surface area (Å²) < 4.78 is 0. The van der Waals surface area contributed by atoms with Gasteiger partial charge in [0.1, 0.15) is 0 Å². The Balaban J connectivity index is 1.89. The van der Waals surface area contributed by atoms with Crippen LogP contribution in [0.4, 0.5) is 0 Å². The number of hydrogen-bond acceptors (Lipinski definition) is 4. The molecule has 1 unspecified atom stereocenters. The van der Waals surface area contributed by atoms with E-state index in [-0.39, 0.29) is 17.7 Å². The van der Waals surface area contributed by atoms with Gasteiger partial charge in [-0.05, 0) is 18.9 Å². The van der Waals surface area contributed by atoms with Crippen LogP contribution < -0.4 is 5.32 Å². The van der Waals surface area contributed by atoms with Crippen molar-refractivity contribution in [1.82, 2.24) is 15.1 Å². The summed E-state index contributed by atoms with van der Waals surface area (Å²) in [4.78, 5) is 27.6. The lowest BCUT2D eigenvalue weighted by atomic mass is 9.75. The minimum atomic E-state index is -0.760. The number of hydrogen-bond donors (Lipinski definition) is 2. The van der Waals surface area contributed by atoms with Crippen LogP contribution in [0.1, 0.15) is 26.7 Å². The molecule has 0 spiro atoms. The van der Waals surface area contributed by atoms with Crippen LogP contribution in [-0.4, -0.2) is 72.6 Å². The topological polar surface area (TPSA) is 72.9 Å². The maximum Gasteiger partial charge on any atom is 0.304 e. The van der Waals surface area contributed by atoms with Gasteiger partial charge in [-0.2, -0.15) is 0 Å². The molecule has 2 aliphatic heterocycles. The van der Waals surface area contributed by atoms with Crippen LogP contribution in [0.15, 0.2) is 0 Å². The van der Waals surface area contributed by atoms with E-state index in [4.69, 9.17) is 5.11 Å². The molecule has 6 heteroatoms. The molecule has 0 saturated carbocycles. The summed E-state index contributed by atoms with van der Waals surface area (Å²) in [5, 5.41) is 12.1. The third kappa shape index (κ3) is 3.55. The second kappa shape index (κ2) is 6.75. The summed E-state index contributed by atoms with van der Waals surface area (Å²) in [5.74, 6) is -0.144. The van der Waals surface area contributed by atoms with Crippen molar-refractivity contribution >= 4 is 11.9 Å². The van der Waals surface area contributed by atoms with Gasteiger partial charge >= 0.3 is 5.97 Å². The number of piperazine rings is 1. The molecule has 0 bridgehead atoms. The van der Waals surface area contributed by atoms with E-state index in [1.807, 2.05) is 4.90 Å². The molecule has 2 aliphatic rings. The predicted octanol–water partition coefficient (Wildman–Crippen LogP) is 0.241. The second-order valence-electron chi connectivity index (χ2n) is 6.52. The van der Waals surface area contributed by atoms with Crippen molar-refractivity contribution in [3.05, 3.63) is 0 Å². The fourth-order valence-corrected chi connectivity index (χ4v) is 3.38. The van der Waals surface area contributed by atoms with Crippen LogP contribution in [0.3, 0.4) is 0 Å². The molecule has 2 saturated heterocycles. The van der Waals surface area contributed by atoms with Crippen LogP contribution in [0, 0.1) is 11.3 Å². The van der Waals surface area contributed by atoms with Crippen molar-refractivity contribution in [3.63, 3.8) is 0 Å². The van der Waals surface area contributed by atoms with Gasteiger partial charge in [-0.1, -0.05) is 13.8 Å². The fraction of sp³-hybridized carbons (Fsp3) is 0.867. The fourth-order valence-electron chi connectivity index (χ4n) is 3.38. The van der Waals surface area contributed by atoms with E-state index in [2.05, 4.69) is 24.1 Å². The van der Waals surface area contributed by atoms with Gasteiger partial charge < -0.3 is 15.3 Å². The van der Waals surface area contributed by atoms with E-state index in [9.17, 15) is 9.59 Å². The van der Waals surface area contributed by atoms with Crippen LogP contribution in [-0.2, 0) is 9.59 Å². The second-order valence-corrected chi connectivity index (χ2v) is 6.52. The zero-order chi connectivity index (χ0) is 15.5. The Bertz CT molecular complexity index is 384. The Labute approximate surface area is 126 Å². The van der Waals surface area contributed by atoms with Crippen molar-refractivity contribution in [2.75, 3.05) is 45.8 Å². The standard InChI is InChI=1S/C15H27N3O3/c1-12(2)15(4-5-16-11-15)14(21)18-9-7-17(8-10-18)6-3-13(19)20/h12,16H,3-11H2,1-2H3,(H,19,20). The van der Waals surface area contributed by atoms with Gasteiger partial charge in [-0.15, -0.1) is 0 Å². The molecular formula is C15H27N3O3. The van der Waals surface area contributed by atoms with Gasteiger partial charge in [0.15, 0.2) is 0 Å². The third-order valence-corrected chi connectivity index (χ3v) is 5.02. The minimum absolute atomic E-state index is 0.174. The molecule has 2 heterocycles. The van der Waals surface area contributed by atoms with Gasteiger partial charge in [-0.3, -0.25) is 14.5 Å². The van der Waals surface area contributed by atoms with Crippen molar-refractivity contribution in [2.45, 2.75) is 26.7 Å². The molecular weight excluding hydrogens is 270 g/mol. The van der Waals surface area contributed by atoms with Gasteiger partial charge in [0.05, 0.1) is 11.8 Å². The summed E-state index contributed by atoms with van der Waals surface area (Å²) in [6.45, 7) is 9.53. The van der Waals surface area contributed by atoms with Crippen molar-refractivity contribution in [2.24, 2.45) is 11.3 Å². The first-order valence-electron chi connectivity index (χ1n) is 7.90. The number of carboxylic acid groups (broad SMARTS) is 1. The van der Waals surface area contributed by atoms with Gasteiger partial charge in [0.2, 0.25) is 5.91 Å². The average Bonchev–Trinajstić information content (AvgIpc) is 2.95. The Morgan fingerprint density at radius 3 is 2.38 bits per heavy atom. The van der Waals surface area contributed by atoms with Crippen LogP contribution in [0.5, 0.6) is 0 Å². The summed E-state index contributed by atoms with van der Waals surface area (Å²) in [6.07, 6.45) is 1.09. The number of rotatable bonds is 5. The number of nitrogens with zero attached hydrogens (tertiary/aromatic N) is 2. The van der Waals surface area contributed by atoms with Crippen LogP contribution >= 0.6 is 0 Å². The van der Waals surface area contributed by atoms with E-state index in [1.165, 1.54) is 0 Å². The highest BCUT2D eigenvalue weighted by atomic mass is 16.4. The predicted molar refractivity (Wildman–Crippen MR) is 80.0 cm³/mol. The number of aliphatic carboxylic acids is 1. The quantitative estimate of drug-likeness (QED) is 0.760. The largest absolute Gasteiger partial charge is 0.481 e. The minimum Gasteiger partial charge on any atom is -0.481 e. The molecule has 2 N–H and O–H groups in total. The number of carbonyl (C=O) groups is 2. The smallest absolute Gasteiger partial charge is 0.304 e. The molecule has 0 aromatic carbocycles. The number of amides is 1. The molecule has 0 aromatic rings. The van der Waals surface area contributed by atoms with Gasteiger partial charge in [0, 0.05) is 39.3 Å².